The first kappa shape index (κ1) is 20.0. The molecule has 1 amide bonds. The molecule has 160 valence electrons. The summed E-state index contributed by atoms with van der Waals surface area (Å²) < 4.78 is 6.57. The normalized spacial score (nSPS) is 15.5. The Morgan fingerprint density at radius 2 is 2.03 bits per heavy atom. The maximum Gasteiger partial charge on any atom is 0.229 e. The summed E-state index contributed by atoms with van der Waals surface area (Å²) in [5.74, 6) is 1.88. The molecule has 3 heterocycles. The van der Waals surface area contributed by atoms with E-state index in [0.29, 0.717) is 11.7 Å². The van der Waals surface area contributed by atoms with Gasteiger partial charge in [0, 0.05) is 5.92 Å². The molecule has 1 saturated heterocycles. The van der Waals surface area contributed by atoms with Gasteiger partial charge in [-0.2, -0.15) is 0 Å². The van der Waals surface area contributed by atoms with Crippen LogP contribution in [0.15, 0.2) is 42.5 Å². The minimum Gasteiger partial charge on any atom is -0.494 e. The summed E-state index contributed by atoms with van der Waals surface area (Å²) in [6.45, 7) is 5.13. The number of thiazole rings is 1. The minimum atomic E-state index is 0.0120. The molecule has 1 aliphatic heterocycles. The third-order valence-electron chi connectivity index (χ3n) is 5.67. The van der Waals surface area contributed by atoms with E-state index >= 15 is 0 Å². The summed E-state index contributed by atoms with van der Waals surface area (Å²) in [5.41, 5.74) is 2.94. The fraction of sp³-hybridized carbons (Fsp3) is 0.348. The average Bonchev–Trinajstić information content (AvgIpc) is 3.36. The molecule has 0 unspecified atom stereocenters. The molecule has 0 saturated carbocycles. The van der Waals surface area contributed by atoms with Crippen LogP contribution >= 0.6 is 11.3 Å². The lowest BCUT2D eigenvalue weighted by atomic mass is 9.96. The number of nitrogens with zero attached hydrogens (tertiary/aromatic N) is 3. The van der Waals surface area contributed by atoms with E-state index in [9.17, 15) is 4.79 Å². The van der Waals surface area contributed by atoms with Crippen molar-refractivity contribution in [3.05, 3.63) is 48.3 Å². The number of benzene rings is 2. The van der Waals surface area contributed by atoms with Crippen molar-refractivity contribution >= 4 is 43.6 Å². The second kappa shape index (κ2) is 8.64. The number of piperidine rings is 1. The molecule has 4 aromatic rings. The number of ether oxygens (including phenoxy) is 1. The van der Waals surface area contributed by atoms with Gasteiger partial charge in [0.15, 0.2) is 5.13 Å². The van der Waals surface area contributed by atoms with Crippen molar-refractivity contribution in [1.82, 2.24) is 19.9 Å². The van der Waals surface area contributed by atoms with Gasteiger partial charge < -0.3 is 15.0 Å². The van der Waals surface area contributed by atoms with E-state index in [1.807, 2.05) is 49.4 Å². The Bertz CT molecular complexity index is 1180. The Labute approximate surface area is 184 Å². The van der Waals surface area contributed by atoms with Crippen LogP contribution in [0.5, 0.6) is 5.75 Å². The van der Waals surface area contributed by atoms with Gasteiger partial charge in [0.25, 0.3) is 0 Å². The van der Waals surface area contributed by atoms with Gasteiger partial charge >= 0.3 is 0 Å². The van der Waals surface area contributed by atoms with Gasteiger partial charge in [0.2, 0.25) is 5.91 Å². The maximum atomic E-state index is 12.8. The average molecular weight is 436 g/mol. The molecule has 0 radical (unpaired) electrons. The van der Waals surface area contributed by atoms with E-state index in [2.05, 4.69) is 25.2 Å². The number of para-hydroxylation sites is 2. The number of amides is 1. The first-order valence-corrected chi connectivity index (χ1v) is 11.5. The molecule has 0 spiro atoms. The molecule has 31 heavy (non-hydrogen) atoms. The monoisotopic (exact) mass is 435 g/mol. The van der Waals surface area contributed by atoms with Gasteiger partial charge in [-0.25, -0.2) is 9.97 Å². The molecule has 0 bridgehead atoms. The fourth-order valence-corrected chi connectivity index (χ4v) is 4.97. The zero-order valence-electron chi connectivity index (χ0n) is 17.4. The highest BCUT2D eigenvalue weighted by molar-refractivity contribution is 7.22. The van der Waals surface area contributed by atoms with Crippen molar-refractivity contribution in [3.63, 3.8) is 0 Å². The largest absolute Gasteiger partial charge is 0.494 e. The van der Waals surface area contributed by atoms with Crippen LogP contribution in [0.1, 0.15) is 25.6 Å². The second-order valence-corrected chi connectivity index (χ2v) is 8.85. The fourth-order valence-electron chi connectivity index (χ4n) is 4.07. The number of nitrogens with one attached hydrogen (secondary N) is 2. The first-order chi connectivity index (χ1) is 15.2. The van der Waals surface area contributed by atoms with Crippen LogP contribution in [-0.4, -0.2) is 45.5 Å². The third kappa shape index (κ3) is 4.40. The Morgan fingerprint density at radius 3 is 2.84 bits per heavy atom. The molecule has 1 fully saturated rings. The van der Waals surface area contributed by atoms with Crippen molar-refractivity contribution in [1.29, 1.82) is 0 Å². The number of hydrogen-bond donors (Lipinski definition) is 2. The molecule has 7 nitrogen and oxygen atoms in total. The van der Waals surface area contributed by atoms with Crippen LogP contribution in [0.3, 0.4) is 0 Å². The van der Waals surface area contributed by atoms with E-state index in [0.717, 1.165) is 65.3 Å². The number of carbonyl (C=O) groups excluding carboxylic acids is 1. The predicted octanol–water partition coefficient (Wildman–Crippen LogP) is 4.42. The number of hydrogen-bond acceptors (Lipinski definition) is 6. The zero-order valence-corrected chi connectivity index (χ0v) is 18.2. The zero-order chi connectivity index (χ0) is 21.2. The summed E-state index contributed by atoms with van der Waals surface area (Å²) in [6, 6.07) is 13.9. The lowest BCUT2D eigenvalue weighted by Crippen LogP contribution is -2.38. The van der Waals surface area contributed by atoms with Crippen molar-refractivity contribution in [2.24, 2.45) is 5.92 Å². The summed E-state index contributed by atoms with van der Waals surface area (Å²) in [5, 5.41) is 3.68. The summed E-state index contributed by atoms with van der Waals surface area (Å²) in [7, 11) is 0. The lowest BCUT2D eigenvalue weighted by Gasteiger charge is -2.30. The van der Waals surface area contributed by atoms with Gasteiger partial charge in [-0.05, 0) is 63.2 Å². The molecule has 2 N–H and O–H groups in total. The highest BCUT2D eigenvalue weighted by atomic mass is 32.1. The smallest absolute Gasteiger partial charge is 0.229 e. The number of fused-ring (bicyclic) bond motifs is 2. The van der Waals surface area contributed by atoms with Gasteiger partial charge in [-0.1, -0.05) is 23.5 Å². The van der Waals surface area contributed by atoms with Gasteiger partial charge in [-0.15, -0.1) is 0 Å². The van der Waals surface area contributed by atoms with E-state index in [1.54, 1.807) is 0 Å². The molecule has 8 heteroatoms. The van der Waals surface area contributed by atoms with Gasteiger partial charge in [0.1, 0.15) is 11.6 Å². The first-order valence-electron chi connectivity index (χ1n) is 10.7. The molecule has 1 aliphatic rings. The number of H-pyrrole nitrogens is 1. The van der Waals surface area contributed by atoms with Crippen LogP contribution in [0.4, 0.5) is 5.13 Å². The topological polar surface area (TPSA) is 83.1 Å². The standard InChI is InChI=1S/C23H25N5O2S/c1-2-30-16-7-8-19-20(13-16)31-23(26-19)27-22(29)15-9-11-28(12-10-15)14-21-24-17-5-3-4-6-18(17)25-21/h3-8,13,15H,2,9-12,14H2,1H3,(H,24,25)(H,26,27,29). The lowest BCUT2D eigenvalue weighted by molar-refractivity contribution is -0.121. The number of rotatable bonds is 6. The molecule has 2 aromatic carbocycles. The Kier molecular flexibility index (Phi) is 5.57. The Balaban J connectivity index is 1.16. The van der Waals surface area contributed by atoms with E-state index in [4.69, 9.17) is 4.74 Å². The summed E-state index contributed by atoms with van der Waals surface area (Å²) >= 11 is 1.49. The number of aromatic amines is 1. The highest BCUT2D eigenvalue weighted by Gasteiger charge is 2.26. The molecule has 0 aliphatic carbocycles. The number of anilines is 1. The molecule has 5 rings (SSSR count). The number of carbonyl (C=O) groups is 1. The quantitative estimate of drug-likeness (QED) is 0.468. The van der Waals surface area contributed by atoms with E-state index < -0.39 is 0 Å². The van der Waals surface area contributed by atoms with Gasteiger partial charge in [0.05, 0.1) is 34.4 Å². The van der Waals surface area contributed by atoms with Crippen LogP contribution in [0.2, 0.25) is 0 Å². The molecular formula is C23H25N5O2S. The molecular weight excluding hydrogens is 410 g/mol. The SMILES string of the molecule is CCOc1ccc2nc(NC(=O)C3CCN(Cc4nc5ccccc5[nH]4)CC3)sc2c1. The minimum absolute atomic E-state index is 0.0120. The van der Waals surface area contributed by atoms with Crippen LogP contribution in [-0.2, 0) is 11.3 Å². The van der Waals surface area contributed by atoms with E-state index in [1.165, 1.54) is 11.3 Å². The maximum absolute atomic E-state index is 12.8. The summed E-state index contributed by atoms with van der Waals surface area (Å²) in [6.07, 6.45) is 1.68. The van der Waals surface area contributed by atoms with Crippen LogP contribution in [0.25, 0.3) is 21.3 Å². The van der Waals surface area contributed by atoms with Crippen molar-refractivity contribution in [2.45, 2.75) is 26.3 Å². The Morgan fingerprint density at radius 1 is 1.19 bits per heavy atom. The molecule has 0 atom stereocenters. The second-order valence-electron chi connectivity index (χ2n) is 7.82. The Hall–Kier alpha value is -2.97. The highest BCUT2D eigenvalue weighted by Crippen LogP contribution is 2.30. The van der Waals surface area contributed by atoms with Crippen molar-refractivity contribution in [2.75, 3.05) is 25.0 Å². The van der Waals surface area contributed by atoms with Crippen LogP contribution < -0.4 is 10.1 Å². The van der Waals surface area contributed by atoms with Crippen molar-refractivity contribution in [3.8, 4) is 5.75 Å². The predicted molar refractivity (Wildman–Crippen MR) is 124 cm³/mol. The number of aromatic nitrogens is 3. The van der Waals surface area contributed by atoms with E-state index in [-0.39, 0.29) is 11.8 Å². The third-order valence-corrected chi connectivity index (χ3v) is 6.60. The number of likely N-dealkylation sites (tertiary alicyclic amines) is 1. The number of imidazole rings is 1. The van der Waals surface area contributed by atoms with Crippen LogP contribution in [0, 0.1) is 5.92 Å². The van der Waals surface area contributed by atoms with Crippen molar-refractivity contribution < 1.29 is 9.53 Å². The van der Waals surface area contributed by atoms with Gasteiger partial charge in [-0.3, -0.25) is 9.69 Å². The summed E-state index contributed by atoms with van der Waals surface area (Å²) in [4.78, 5) is 27.7. The molecule has 2 aromatic heterocycles.